The molecule has 1 amide bonds. The molecule has 0 aliphatic carbocycles. The van der Waals surface area contributed by atoms with E-state index in [1.165, 1.54) is 11.9 Å². The fourth-order valence-electron chi connectivity index (χ4n) is 3.42. The molecule has 1 saturated heterocycles. The van der Waals surface area contributed by atoms with Gasteiger partial charge >= 0.3 is 0 Å². The quantitative estimate of drug-likeness (QED) is 0.764. The van der Waals surface area contributed by atoms with Crippen LogP contribution in [0, 0.1) is 0 Å². The standard InChI is InChI=1S/C18H26N6O/c1-2-22(12-16-5-8-19-9-6-16)17-4-3-10-23(13-17)18(25)7-11-24-15-20-14-21-24/h5-6,8-9,14-15,17H,2-4,7,10-13H2,1H3. The van der Waals surface area contributed by atoms with Crippen LogP contribution in [0.3, 0.4) is 0 Å². The van der Waals surface area contributed by atoms with Gasteiger partial charge in [-0.2, -0.15) is 5.10 Å². The molecule has 0 spiro atoms. The molecule has 25 heavy (non-hydrogen) atoms. The van der Waals surface area contributed by atoms with Crippen molar-refractivity contribution in [2.24, 2.45) is 0 Å². The summed E-state index contributed by atoms with van der Waals surface area (Å²) < 4.78 is 1.71. The smallest absolute Gasteiger partial charge is 0.224 e. The molecule has 1 fully saturated rings. The summed E-state index contributed by atoms with van der Waals surface area (Å²) in [4.78, 5) is 25.0. The minimum Gasteiger partial charge on any atom is -0.341 e. The highest BCUT2D eigenvalue weighted by Crippen LogP contribution is 2.19. The Morgan fingerprint density at radius 2 is 2.16 bits per heavy atom. The summed E-state index contributed by atoms with van der Waals surface area (Å²) in [5.41, 5.74) is 1.27. The van der Waals surface area contributed by atoms with E-state index in [9.17, 15) is 4.79 Å². The molecule has 1 atom stereocenters. The second-order valence-electron chi connectivity index (χ2n) is 6.46. The van der Waals surface area contributed by atoms with Gasteiger partial charge in [-0.05, 0) is 37.1 Å². The molecule has 3 heterocycles. The van der Waals surface area contributed by atoms with Crippen molar-refractivity contribution in [2.45, 2.75) is 45.3 Å². The number of piperidine rings is 1. The maximum atomic E-state index is 12.5. The van der Waals surface area contributed by atoms with Crippen molar-refractivity contribution in [1.82, 2.24) is 29.5 Å². The van der Waals surface area contributed by atoms with Crippen LogP contribution in [-0.4, -0.2) is 61.1 Å². The average Bonchev–Trinajstić information content (AvgIpc) is 3.19. The van der Waals surface area contributed by atoms with E-state index < -0.39 is 0 Å². The largest absolute Gasteiger partial charge is 0.341 e. The first kappa shape index (κ1) is 17.5. The monoisotopic (exact) mass is 342 g/mol. The molecule has 1 unspecified atom stereocenters. The topological polar surface area (TPSA) is 67.2 Å². The molecule has 2 aromatic heterocycles. The predicted molar refractivity (Wildman–Crippen MR) is 94.6 cm³/mol. The van der Waals surface area contributed by atoms with Crippen LogP contribution in [0.25, 0.3) is 0 Å². The Kier molecular flexibility index (Phi) is 6.11. The van der Waals surface area contributed by atoms with Gasteiger partial charge in [0, 0.05) is 44.5 Å². The molecule has 0 N–H and O–H groups in total. The maximum Gasteiger partial charge on any atom is 0.224 e. The number of rotatable bonds is 7. The fraction of sp³-hybridized carbons (Fsp3) is 0.556. The van der Waals surface area contributed by atoms with E-state index in [1.807, 2.05) is 17.3 Å². The molecule has 0 aromatic carbocycles. The zero-order valence-electron chi connectivity index (χ0n) is 14.8. The van der Waals surface area contributed by atoms with Gasteiger partial charge < -0.3 is 4.90 Å². The molecule has 3 rings (SSSR count). The van der Waals surface area contributed by atoms with Crippen LogP contribution < -0.4 is 0 Å². The van der Waals surface area contributed by atoms with Crippen molar-refractivity contribution in [3.63, 3.8) is 0 Å². The first-order valence-corrected chi connectivity index (χ1v) is 8.99. The third kappa shape index (κ3) is 4.85. The van der Waals surface area contributed by atoms with Crippen molar-refractivity contribution in [3.05, 3.63) is 42.7 Å². The van der Waals surface area contributed by atoms with Crippen molar-refractivity contribution in [1.29, 1.82) is 0 Å². The molecule has 1 aliphatic rings. The summed E-state index contributed by atoms with van der Waals surface area (Å²) in [6.45, 7) is 6.34. The summed E-state index contributed by atoms with van der Waals surface area (Å²) in [5, 5.41) is 4.06. The first-order valence-electron chi connectivity index (χ1n) is 8.99. The summed E-state index contributed by atoms with van der Waals surface area (Å²) in [7, 11) is 0. The number of aryl methyl sites for hydroxylation is 1. The van der Waals surface area contributed by atoms with Gasteiger partial charge in [-0.3, -0.25) is 19.4 Å². The SMILES string of the molecule is CCN(Cc1ccncc1)C1CCCN(C(=O)CCn2cncn2)C1. The fourth-order valence-corrected chi connectivity index (χ4v) is 3.42. The van der Waals surface area contributed by atoms with Gasteiger partial charge in [0.05, 0.1) is 6.54 Å². The van der Waals surface area contributed by atoms with Crippen molar-refractivity contribution >= 4 is 5.91 Å². The Balaban J connectivity index is 1.54. The van der Waals surface area contributed by atoms with Crippen molar-refractivity contribution < 1.29 is 4.79 Å². The lowest BCUT2D eigenvalue weighted by molar-refractivity contribution is -0.133. The number of likely N-dealkylation sites (N-methyl/N-ethyl adjacent to an activating group) is 1. The molecule has 134 valence electrons. The molecule has 1 aliphatic heterocycles. The lowest BCUT2D eigenvalue weighted by atomic mass is 10.0. The van der Waals surface area contributed by atoms with Crippen LogP contribution in [0.4, 0.5) is 0 Å². The molecule has 2 aromatic rings. The number of likely N-dealkylation sites (tertiary alicyclic amines) is 1. The minimum atomic E-state index is 0.208. The Labute approximate surface area is 148 Å². The number of carbonyl (C=O) groups is 1. The van der Waals surface area contributed by atoms with Gasteiger partial charge in [0.2, 0.25) is 5.91 Å². The van der Waals surface area contributed by atoms with Gasteiger partial charge in [-0.25, -0.2) is 4.98 Å². The number of hydrogen-bond donors (Lipinski definition) is 0. The number of hydrogen-bond acceptors (Lipinski definition) is 5. The Morgan fingerprint density at radius 1 is 1.32 bits per heavy atom. The second-order valence-corrected chi connectivity index (χ2v) is 6.46. The molecule has 7 nitrogen and oxygen atoms in total. The summed E-state index contributed by atoms with van der Waals surface area (Å²) in [6.07, 6.45) is 9.51. The third-order valence-electron chi connectivity index (χ3n) is 4.83. The lowest BCUT2D eigenvalue weighted by Crippen LogP contribution is -2.49. The summed E-state index contributed by atoms with van der Waals surface area (Å²) in [5.74, 6) is 0.208. The van der Waals surface area contributed by atoms with E-state index in [0.717, 1.165) is 39.0 Å². The van der Waals surface area contributed by atoms with Crippen molar-refractivity contribution in [2.75, 3.05) is 19.6 Å². The molecular formula is C18H26N6O. The number of aromatic nitrogens is 4. The zero-order chi connectivity index (χ0) is 17.5. The van der Waals surface area contributed by atoms with E-state index in [-0.39, 0.29) is 5.91 Å². The van der Waals surface area contributed by atoms with Crippen LogP contribution in [0.5, 0.6) is 0 Å². The van der Waals surface area contributed by atoms with E-state index in [0.29, 0.717) is 19.0 Å². The van der Waals surface area contributed by atoms with E-state index in [2.05, 4.69) is 39.0 Å². The van der Waals surface area contributed by atoms with E-state index in [1.54, 1.807) is 11.0 Å². The second kappa shape index (κ2) is 8.71. The van der Waals surface area contributed by atoms with E-state index >= 15 is 0 Å². The molecule has 0 radical (unpaired) electrons. The van der Waals surface area contributed by atoms with Crippen LogP contribution >= 0.6 is 0 Å². The highest BCUT2D eigenvalue weighted by atomic mass is 16.2. The minimum absolute atomic E-state index is 0.208. The molecule has 7 heteroatoms. The Bertz CT molecular complexity index is 645. The van der Waals surface area contributed by atoms with Gasteiger partial charge in [-0.1, -0.05) is 6.92 Å². The Morgan fingerprint density at radius 3 is 2.88 bits per heavy atom. The van der Waals surface area contributed by atoms with Gasteiger partial charge in [0.1, 0.15) is 12.7 Å². The lowest BCUT2D eigenvalue weighted by Gasteiger charge is -2.39. The van der Waals surface area contributed by atoms with Crippen LogP contribution in [-0.2, 0) is 17.9 Å². The highest BCUT2D eigenvalue weighted by Gasteiger charge is 2.27. The Hall–Kier alpha value is -2.28. The van der Waals surface area contributed by atoms with Gasteiger partial charge in [0.15, 0.2) is 0 Å². The highest BCUT2D eigenvalue weighted by molar-refractivity contribution is 5.76. The number of nitrogens with zero attached hydrogens (tertiary/aromatic N) is 6. The zero-order valence-corrected chi connectivity index (χ0v) is 14.8. The average molecular weight is 342 g/mol. The van der Waals surface area contributed by atoms with Crippen LogP contribution in [0.2, 0.25) is 0 Å². The number of pyridine rings is 1. The first-order chi connectivity index (χ1) is 12.3. The van der Waals surface area contributed by atoms with Crippen LogP contribution in [0.15, 0.2) is 37.2 Å². The van der Waals surface area contributed by atoms with E-state index in [4.69, 9.17) is 0 Å². The third-order valence-corrected chi connectivity index (χ3v) is 4.83. The number of amides is 1. The maximum absolute atomic E-state index is 12.5. The summed E-state index contributed by atoms with van der Waals surface area (Å²) >= 11 is 0. The van der Waals surface area contributed by atoms with Gasteiger partial charge in [-0.15, -0.1) is 0 Å². The van der Waals surface area contributed by atoms with Crippen molar-refractivity contribution in [3.8, 4) is 0 Å². The predicted octanol–water partition coefficient (Wildman–Crippen LogP) is 1.58. The normalized spacial score (nSPS) is 17.8. The van der Waals surface area contributed by atoms with Gasteiger partial charge in [0.25, 0.3) is 0 Å². The molecule has 0 saturated carbocycles. The number of carbonyl (C=O) groups excluding carboxylic acids is 1. The molecule has 0 bridgehead atoms. The summed E-state index contributed by atoms with van der Waals surface area (Å²) in [6, 6.07) is 4.54. The van der Waals surface area contributed by atoms with Crippen LogP contribution in [0.1, 0.15) is 31.7 Å². The molecular weight excluding hydrogens is 316 g/mol.